The van der Waals surface area contributed by atoms with Crippen molar-refractivity contribution in [3.05, 3.63) is 63.7 Å². The third-order valence-corrected chi connectivity index (χ3v) is 6.32. The Morgan fingerprint density at radius 1 is 0.912 bits per heavy atom. The van der Waals surface area contributed by atoms with E-state index in [4.69, 9.17) is 4.74 Å². The summed E-state index contributed by atoms with van der Waals surface area (Å²) in [5, 5.41) is 0. The molecule has 1 amide bonds. The number of piperidine rings is 1. The first-order chi connectivity index (χ1) is 15.7. The molecule has 0 saturated carbocycles. The molecule has 0 N–H and O–H groups in total. The summed E-state index contributed by atoms with van der Waals surface area (Å²) in [6, 6.07) is 4.50. The predicted octanol–water partition coefficient (Wildman–Crippen LogP) is 5.98. The highest BCUT2D eigenvalue weighted by Crippen LogP contribution is 2.42. The standard InChI is InChI=1S/C24H21F6NO3/c1-13-7-14(2)20-18(8-13)19(32)12-22(34-20)3-5-31(6-4-22)21(33)15-9-16(23(25,26)27)11-17(10-15)24(28,29)30/h7-11H,3-6,12H2,1-2H3. The highest BCUT2D eigenvalue weighted by molar-refractivity contribution is 6.01. The minimum absolute atomic E-state index is 0.00898. The smallest absolute Gasteiger partial charge is 0.416 e. The normalized spacial score (nSPS) is 18.0. The van der Waals surface area contributed by atoms with Crippen molar-refractivity contribution >= 4 is 11.7 Å². The van der Waals surface area contributed by atoms with Crippen LogP contribution in [0.3, 0.4) is 0 Å². The van der Waals surface area contributed by atoms with Gasteiger partial charge in [-0.05, 0) is 49.2 Å². The van der Waals surface area contributed by atoms with Crippen LogP contribution in [-0.2, 0) is 12.4 Å². The number of hydrogen-bond donors (Lipinski definition) is 0. The monoisotopic (exact) mass is 485 g/mol. The molecule has 0 unspecified atom stereocenters. The zero-order valence-corrected chi connectivity index (χ0v) is 18.4. The van der Waals surface area contributed by atoms with E-state index < -0.39 is 40.6 Å². The van der Waals surface area contributed by atoms with Crippen molar-refractivity contribution in [1.29, 1.82) is 0 Å². The van der Waals surface area contributed by atoms with Gasteiger partial charge in [0.25, 0.3) is 5.91 Å². The number of likely N-dealkylation sites (tertiary alicyclic amines) is 1. The molecule has 0 atom stereocenters. The fourth-order valence-corrected chi connectivity index (χ4v) is 4.59. The average Bonchev–Trinajstić information content (AvgIpc) is 2.73. The Bertz CT molecular complexity index is 1130. The topological polar surface area (TPSA) is 46.6 Å². The van der Waals surface area contributed by atoms with Crippen molar-refractivity contribution < 1.29 is 40.7 Å². The third kappa shape index (κ3) is 4.50. The molecule has 2 aliphatic heterocycles. The molecule has 34 heavy (non-hydrogen) atoms. The number of ether oxygens (including phenoxy) is 1. The number of amides is 1. The van der Waals surface area contributed by atoms with E-state index in [9.17, 15) is 35.9 Å². The maximum absolute atomic E-state index is 13.2. The summed E-state index contributed by atoms with van der Waals surface area (Å²) in [5.41, 5.74) is -2.43. The number of alkyl halides is 6. The number of Topliss-reactive ketones (excluding diaryl/α,β-unsaturated/α-hetero) is 1. The molecule has 2 heterocycles. The van der Waals surface area contributed by atoms with Gasteiger partial charge in [0.1, 0.15) is 11.4 Å². The summed E-state index contributed by atoms with van der Waals surface area (Å²) in [6.07, 6.45) is -9.54. The Kier molecular flexibility index (Phi) is 5.69. The highest BCUT2D eigenvalue weighted by atomic mass is 19.4. The molecule has 0 aliphatic carbocycles. The lowest BCUT2D eigenvalue weighted by molar-refractivity contribution is -0.143. The molecule has 0 bridgehead atoms. The summed E-state index contributed by atoms with van der Waals surface area (Å²) in [7, 11) is 0. The van der Waals surface area contributed by atoms with Crippen LogP contribution in [0.5, 0.6) is 5.75 Å². The first-order valence-corrected chi connectivity index (χ1v) is 10.6. The number of hydrogen-bond acceptors (Lipinski definition) is 3. The fourth-order valence-electron chi connectivity index (χ4n) is 4.59. The second-order valence-electron chi connectivity index (χ2n) is 8.93. The quantitative estimate of drug-likeness (QED) is 0.467. The molecule has 0 aromatic heterocycles. The number of ketones is 1. The van der Waals surface area contributed by atoms with Gasteiger partial charge in [0.05, 0.1) is 23.1 Å². The molecule has 4 nitrogen and oxygen atoms in total. The highest BCUT2D eigenvalue weighted by Gasteiger charge is 2.45. The number of carbonyl (C=O) groups is 2. The van der Waals surface area contributed by atoms with E-state index in [1.807, 2.05) is 19.9 Å². The van der Waals surface area contributed by atoms with Gasteiger partial charge in [0.2, 0.25) is 0 Å². The van der Waals surface area contributed by atoms with Crippen LogP contribution >= 0.6 is 0 Å². The molecule has 2 aromatic rings. The van der Waals surface area contributed by atoms with E-state index in [1.165, 1.54) is 4.90 Å². The Hall–Kier alpha value is -3.04. The molecule has 10 heteroatoms. The van der Waals surface area contributed by atoms with Crippen molar-refractivity contribution in [2.24, 2.45) is 0 Å². The molecule has 2 aliphatic rings. The summed E-state index contributed by atoms with van der Waals surface area (Å²) in [4.78, 5) is 26.9. The largest absolute Gasteiger partial charge is 0.486 e. The molecular formula is C24H21F6NO3. The van der Waals surface area contributed by atoms with E-state index in [0.29, 0.717) is 23.4 Å². The average molecular weight is 485 g/mol. The Morgan fingerprint density at radius 3 is 2.00 bits per heavy atom. The van der Waals surface area contributed by atoms with Gasteiger partial charge < -0.3 is 9.64 Å². The molecule has 1 spiro atoms. The van der Waals surface area contributed by atoms with Crippen molar-refractivity contribution in [3.8, 4) is 5.75 Å². The lowest BCUT2D eigenvalue weighted by Crippen LogP contribution is -2.52. The van der Waals surface area contributed by atoms with E-state index >= 15 is 0 Å². The number of nitrogens with zero attached hydrogens (tertiary/aromatic N) is 1. The van der Waals surface area contributed by atoms with Crippen molar-refractivity contribution in [3.63, 3.8) is 0 Å². The van der Waals surface area contributed by atoms with E-state index in [2.05, 4.69) is 0 Å². The van der Waals surface area contributed by atoms with Crippen molar-refractivity contribution in [2.75, 3.05) is 13.1 Å². The Balaban J connectivity index is 1.56. The van der Waals surface area contributed by atoms with Crippen LogP contribution in [0.25, 0.3) is 0 Å². The first-order valence-electron chi connectivity index (χ1n) is 10.6. The number of carbonyl (C=O) groups excluding carboxylic acids is 2. The van der Waals surface area contributed by atoms with E-state index in [1.54, 1.807) is 6.07 Å². The number of aryl methyl sites for hydroxylation is 2. The summed E-state index contributed by atoms with van der Waals surface area (Å²) in [6.45, 7) is 3.75. The van der Waals surface area contributed by atoms with Gasteiger partial charge in [-0.1, -0.05) is 6.07 Å². The van der Waals surface area contributed by atoms with Crippen LogP contribution in [0.1, 0.15) is 62.2 Å². The molecule has 4 rings (SSSR count). The molecule has 0 radical (unpaired) electrons. The molecule has 2 aromatic carbocycles. The number of halogens is 6. The summed E-state index contributed by atoms with van der Waals surface area (Å²) >= 11 is 0. The first kappa shape index (κ1) is 24.1. The lowest BCUT2D eigenvalue weighted by Gasteiger charge is -2.44. The molecule has 1 saturated heterocycles. The van der Waals surface area contributed by atoms with Gasteiger partial charge in [0.15, 0.2) is 5.78 Å². The second kappa shape index (κ2) is 8.02. The second-order valence-corrected chi connectivity index (χ2v) is 8.93. The number of fused-ring (bicyclic) bond motifs is 1. The maximum atomic E-state index is 13.2. The maximum Gasteiger partial charge on any atom is 0.416 e. The van der Waals surface area contributed by atoms with Crippen LogP contribution in [0.2, 0.25) is 0 Å². The van der Waals surface area contributed by atoms with Gasteiger partial charge in [-0.3, -0.25) is 9.59 Å². The zero-order valence-electron chi connectivity index (χ0n) is 18.4. The van der Waals surface area contributed by atoms with E-state index in [0.717, 1.165) is 11.1 Å². The van der Waals surface area contributed by atoms with Crippen LogP contribution in [-0.4, -0.2) is 35.3 Å². The Morgan fingerprint density at radius 2 is 1.47 bits per heavy atom. The van der Waals surface area contributed by atoms with Crippen LogP contribution in [0.4, 0.5) is 26.3 Å². The van der Waals surface area contributed by atoms with Gasteiger partial charge in [-0.15, -0.1) is 0 Å². The van der Waals surface area contributed by atoms with Gasteiger partial charge in [0, 0.05) is 31.5 Å². The SMILES string of the molecule is Cc1cc(C)c2c(c1)C(=O)CC1(CCN(C(=O)c3cc(C(F)(F)F)cc(C(F)(F)F)c3)CC1)O2. The zero-order chi connectivity index (χ0) is 25.1. The van der Waals surface area contributed by atoms with Gasteiger partial charge >= 0.3 is 12.4 Å². The lowest BCUT2D eigenvalue weighted by atomic mass is 9.81. The fraction of sp³-hybridized carbons (Fsp3) is 0.417. The van der Waals surface area contributed by atoms with Crippen LogP contribution in [0.15, 0.2) is 30.3 Å². The minimum Gasteiger partial charge on any atom is -0.486 e. The summed E-state index contributed by atoms with van der Waals surface area (Å²) < 4.78 is 85.2. The van der Waals surface area contributed by atoms with Crippen molar-refractivity contribution in [2.45, 2.75) is 51.1 Å². The minimum atomic E-state index is -5.04. The summed E-state index contributed by atoms with van der Waals surface area (Å²) in [5.74, 6) is -0.546. The molecule has 182 valence electrons. The third-order valence-electron chi connectivity index (χ3n) is 6.32. The molecular weight excluding hydrogens is 464 g/mol. The van der Waals surface area contributed by atoms with Crippen LogP contribution in [0, 0.1) is 13.8 Å². The van der Waals surface area contributed by atoms with E-state index in [-0.39, 0.29) is 44.2 Å². The van der Waals surface area contributed by atoms with Crippen LogP contribution < -0.4 is 4.74 Å². The van der Waals surface area contributed by atoms with Gasteiger partial charge in [-0.25, -0.2) is 0 Å². The van der Waals surface area contributed by atoms with Gasteiger partial charge in [-0.2, -0.15) is 26.3 Å². The Labute approximate surface area is 191 Å². The molecule has 1 fully saturated rings. The number of benzene rings is 2. The predicted molar refractivity (Wildman–Crippen MR) is 110 cm³/mol. The number of rotatable bonds is 1. The van der Waals surface area contributed by atoms with Crippen molar-refractivity contribution in [1.82, 2.24) is 4.90 Å².